The van der Waals surface area contributed by atoms with Gasteiger partial charge in [-0.1, -0.05) is 24.3 Å². The molecule has 1 amide bonds. The summed E-state index contributed by atoms with van der Waals surface area (Å²) < 4.78 is 47.4. The van der Waals surface area contributed by atoms with Crippen LogP contribution in [0.15, 0.2) is 47.3 Å². The highest BCUT2D eigenvalue weighted by molar-refractivity contribution is 5.95. The third kappa shape index (κ3) is 4.45. The van der Waals surface area contributed by atoms with Crippen molar-refractivity contribution in [3.63, 3.8) is 0 Å². The van der Waals surface area contributed by atoms with Gasteiger partial charge < -0.3 is 19.9 Å². The first-order chi connectivity index (χ1) is 17.1. The molecule has 36 heavy (non-hydrogen) atoms. The molecule has 2 aliphatic rings. The molecular weight excluding hydrogens is 471 g/mol. The van der Waals surface area contributed by atoms with E-state index in [1.165, 1.54) is 0 Å². The molecule has 5 rings (SSSR count). The molecule has 1 fully saturated rings. The zero-order chi connectivity index (χ0) is 25.6. The first-order valence-corrected chi connectivity index (χ1v) is 11.9. The maximum absolute atomic E-state index is 13.8. The quantitative estimate of drug-likeness (QED) is 0.492. The average molecular weight is 498 g/mol. The SMILES string of the molecule is Cc1ccc2c(c1)Oc1cc(C)ccc1C2NC(=O)c1cc(N2CCCCC2)c(C(F)(F)F)[nH]c1=O. The Balaban J connectivity index is 1.56. The van der Waals surface area contributed by atoms with E-state index in [1.807, 2.05) is 55.2 Å². The number of alkyl halides is 3. The minimum absolute atomic E-state index is 0.175. The number of aryl methyl sites for hydroxylation is 2. The van der Waals surface area contributed by atoms with E-state index >= 15 is 0 Å². The number of nitrogens with zero attached hydrogens (tertiary/aromatic N) is 1. The summed E-state index contributed by atoms with van der Waals surface area (Å²) in [4.78, 5) is 29.7. The predicted octanol–water partition coefficient (Wildman–Crippen LogP) is 5.63. The number of amides is 1. The Morgan fingerprint density at radius 1 is 0.972 bits per heavy atom. The monoisotopic (exact) mass is 497 g/mol. The summed E-state index contributed by atoms with van der Waals surface area (Å²) in [6.45, 7) is 4.70. The Kier molecular flexibility index (Phi) is 6.02. The lowest BCUT2D eigenvalue weighted by Gasteiger charge is -2.31. The molecule has 0 atom stereocenters. The van der Waals surface area contributed by atoms with Gasteiger partial charge in [0.05, 0.1) is 11.7 Å². The first kappa shape index (κ1) is 24.0. The van der Waals surface area contributed by atoms with Crippen molar-refractivity contribution in [2.45, 2.75) is 45.3 Å². The zero-order valence-electron chi connectivity index (χ0n) is 20.0. The lowest BCUT2D eigenvalue weighted by molar-refractivity contribution is -0.140. The topological polar surface area (TPSA) is 74.4 Å². The number of halogens is 3. The molecule has 0 unspecified atom stereocenters. The van der Waals surface area contributed by atoms with Crippen LogP contribution in [0, 0.1) is 13.8 Å². The van der Waals surface area contributed by atoms with Gasteiger partial charge in [0, 0.05) is 24.2 Å². The number of hydrogen-bond acceptors (Lipinski definition) is 4. The van der Waals surface area contributed by atoms with Gasteiger partial charge in [-0.3, -0.25) is 9.59 Å². The van der Waals surface area contributed by atoms with Crippen molar-refractivity contribution in [2.24, 2.45) is 0 Å². The minimum atomic E-state index is -4.75. The highest BCUT2D eigenvalue weighted by atomic mass is 19.4. The summed E-state index contributed by atoms with van der Waals surface area (Å²) in [5.41, 5.74) is 0.596. The number of nitrogens with one attached hydrogen (secondary N) is 2. The summed E-state index contributed by atoms with van der Waals surface area (Å²) in [7, 11) is 0. The van der Waals surface area contributed by atoms with Gasteiger partial charge in [-0.05, 0) is 62.4 Å². The molecule has 1 aromatic heterocycles. The maximum Gasteiger partial charge on any atom is 0.433 e. The molecule has 3 aromatic rings. The number of hydrogen-bond donors (Lipinski definition) is 2. The second kappa shape index (κ2) is 9.04. The molecule has 0 bridgehead atoms. The van der Waals surface area contributed by atoms with Gasteiger partial charge in [-0.25, -0.2) is 0 Å². The second-order valence-corrected chi connectivity index (χ2v) is 9.41. The molecule has 2 aliphatic heterocycles. The number of carbonyl (C=O) groups excluding carboxylic acids is 1. The molecule has 2 N–H and O–H groups in total. The van der Waals surface area contributed by atoms with Crippen molar-refractivity contribution >= 4 is 11.6 Å². The highest BCUT2D eigenvalue weighted by Gasteiger charge is 2.38. The van der Waals surface area contributed by atoms with Crippen LogP contribution in [0.2, 0.25) is 0 Å². The molecule has 0 saturated carbocycles. The summed E-state index contributed by atoms with van der Waals surface area (Å²) in [6, 6.07) is 11.6. The predicted molar refractivity (Wildman–Crippen MR) is 130 cm³/mol. The van der Waals surface area contributed by atoms with E-state index in [0.717, 1.165) is 36.5 Å². The fraction of sp³-hybridized carbons (Fsp3) is 0.333. The average Bonchev–Trinajstić information content (AvgIpc) is 2.83. The van der Waals surface area contributed by atoms with Gasteiger partial charge in [0.1, 0.15) is 22.8 Å². The van der Waals surface area contributed by atoms with E-state index in [1.54, 1.807) is 4.90 Å². The summed E-state index contributed by atoms with van der Waals surface area (Å²) in [5, 5.41) is 2.88. The summed E-state index contributed by atoms with van der Waals surface area (Å²) in [6.07, 6.45) is -2.34. The van der Waals surface area contributed by atoms with Crippen LogP contribution in [0.4, 0.5) is 18.9 Å². The van der Waals surface area contributed by atoms with E-state index in [9.17, 15) is 22.8 Å². The highest BCUT2D eigenvalue weighted by Crippen LogP contribution is 2.44. The molecule has 0 radical (unpaired) electrons. The Hall–Kier alpha value is -3.75. The van der Waals surface area contributed by atoms with Crippen LogP contribution in [0.25, 0.3) is 0 Å². The molecule has 0 aliphatic carbocycles. The fourth-order valence-electron chi connectivity index (χ4n) is 4.88. The standard InChI is InChI=1S/C27H26F3N3O3/c1-15-6-8-17-21(12-15)36-22-13-16(2)7-9-18(22)23(17)31-25(34)19-14-20(33-10-4-3-5-11-33)24(27(28,29)30)32-26(19)35/h6-9,12-14,23H,3-5,10-11H2,1-2H3,(H,31,34)(H,32,35). The Morgan fingerprint density at radius 2 is 1.56 bits per heavy atom. The van der Waals surface area contributed by atoms with E-state index < -0.39 is 29.4 Å². The zero-order valence-corrected chi connectivity index (χ0v) is 20.0. The van der Waals surface area contributed by atoms with E-state index in [4.69, 9.17) is 4.74 Å². The molecule has 188 valence electrons. The van der Waals surface area contributed by atoms with E-state index in [-0.39, 0.29) is 11.3 Å². The van der Waals surface area contributed by atoms with Crippen molar-refractivity contribution < 1.29 is 22.7 Å². The summed E-state index contributed by atoms with van der Waals surface area (Å²) >= 11 is 0. The molecule has 1 saturated heterocycles. The Morgan fingerprint density at radius 3 is 2.11 bits per heavy atom. The van der Waals surface area contributed by atoms with Crippen LogP contribution in [0.5, 0.6) is 11.5 Å². The van der Waals surface area contributed by atoms with Gasteiger partial charge in [-0.15, -0.1) is 0 Å². The number of anilines is 1. The van der Waals surface area contributed by atoms with Gasteiger partial charge >= 0.3 is 6.18 Å². The normalized spacial score (nSPS) is 15.6. The van der Waals surface area contributed by atoms with Crippen molar-refractivity contribution in [3.05, 3.63) is 86.3 Å². The number of rotatable bonds is 3. The molecule has 2 aromatic carbocycles. The number of aromatic nitrogens is 1. The number of ether oxygens (including phenoxy) is 1. The third-order valence-electron chi connectivity index (χ3n) is 6.70. The van der Waals surface area contributed by atoms with E-state index in [0.29, 0.717) is 35.7 Å². The lowest BCUT2D eigenvalue weighted by atomic mass is 9.92. The molecular formula is C27H26F3N3O3. The fourth-order valence-corrected chi connectivity index (χ4v) is 4.88. The molecule has 9 heteroatoms. The number of carbonyl (C=O) groups is 1. The van der Waals surface area contributed by atoms with Crippen LogP contribution < -0.4 is 20.5 Å². The summed E-state index contributed by atoms with van der Waals surface area (Å²) in [5.74, 6) is 0.399. The van der Waals surface area contributed by atoms with Crippen LogP contribution in [-0.2, 0) is 6.18 Å². The maximum atomic E-state index is 13.8. The van der Waals surface area contributed by atoms with Crippen LogP contribution in [-0.4, -0.2) is 24.0 Å². The number of H-pyrrole nitrogens is 1. The number of pyridine rings is 1. The number of piperidine rings is 1. The van der Waals surface area contributed by atoms with Crippen LogP contribution >= 0.6 is 0 Å². The molecule has 6 nitrogen and oxygen atoms in total. The van der Waals surface area contributed by atoms with Crippen molar-refractivity contribution in [1.29, 1.82) is 0 Å². The number of fused-ring (bicyclic) bond motifs is 2. The second-order valence-electron chi connectivity index (χ2n) is 9.41. The minimum Gasteiger partial charge on any atom is -0.457 e. The Bertz CT molecular complexity index is 1340. The number of benzene rings is 2. The Labute approximate surface area is 206 Å². The van der Waals surface area contributed by atoms with Crippen molar-refractivity contribution in [2.75, 3.05) is 18.0 Å². The van der Waals surface area contributed by atoms with Crippen molar-refractivity contribution in [1.82, 2.24) is 10.3 Å². The molecule has 3 heterocycles. The molecule has 0 spiro atoms. The van der Waals surface area contributed by atoms with Crippen LogP contribution in [0.3, 0.4) is 0 Å². The largest absolute Gasteiger partial charge is 0.457 e. The van der Waals surface area contributed by atoms with Crippen molar-refractivity contribution in [3.8, 4) is 11.5 Å². The van der Waals surface area contributed by atoms with Gasteiger partial charge in [-0.2, -0.15) is 13.2 Å². The third-order valence-corrected chi connectivity index (χ3v) is 6.70. The van der Waals surface area contributed by atoms with Gasteiger partial charge in [0.25, 0.3) is 11.5 Å². The van der Waals surface area contributed by atoms with Crippen LogP contribution in [0.1, 0.15) is 63.6 Å². The van der Waals surface area contributed by atoms with Gasteiger partial charge in [0.2, 0.25) is 0 Å². The smallest absolute Gasteiger partial charge is 0.433 e. The van der Waals surface area contributed by atoms with E-state index in [2.05, 4.69) is 5.32 Å². The lowest BCUT2D eigenvalue weighted by Crippen LogP contribution is -2.37. The van der Waals surface area contributed by atoms with Gasteiger partial charge in [0.15, 0.2) is 0 Å². The number of aromatic amines is 1. The first-order valence-electron chi connectivity index (χ1n) is 11.9.